The van der Waals surface area contributed by atoms with Crippen molar-refractivity contribution in [1.82, 2.24) is 0 Å². The SMILES string of the molecule is Cc1ccc(NC(=O)COc2ccc(/C=C(/C#N)C(=O)Nc3cccc(C)c3C)cc2)c(C)c1. The van der Waals surface area contributed by atoms with Crippen LogP contribution in [0.25, 0.3) is 6.08 Å². The van der Waals surface area contributed by atoms with Gasteiger partial charge in [0, 0.05) is 11.4 Å². The van der Waals surface area contributed by atoms with E-state index in [0.717, 1.165) is 27.9 Å². The van der Waals surface area contributed by atoms with Crippen LogP contribution in [0.15, 0.2) is 66.2 Å². The van der Waals surface area contributed by atoms with E-state index >= 15 is 0 Å². The Bertz CT molecular complexity index is 1290. The molecule has 3 aromatic rings. The standard InChI is InChI=1S/C28H27N3O3/c1-18-8-13-25(20(3)14-18)30-27(32)17-34-24-11-9-22(10-12-24)15-23(16-29)28(33)31-26-7-5-6-19(2)21(26)4/h5-15H,17H2,1-4H3,(H,30,32)(H,31,33)/b23-15-. The van der Waals surface area contributed by atoms with Gasteiger partial charge >= 0.3 is 0 Å². The fraction of sp³-hybridized carbons (Fsp3) is 0.179. The average Bonchev–Trinajstić information content (AvgIpc) is 2.81. The summed E-state index contributed by atoms with van der Waals surface area (Å²) in [4.78, 5) is 24.8. The Morgan fingerprint density at radius 3 is 2.32 bits per heavy atom. The lowest BCUT2D eigenvalue weighted by Gasteiger charge is -2.11. The Morgan fingerprint density at radius 2 is 1.65 bits per heavy atom. The van der Waals surface area contributed by atoms with Crippen LogP contribution in [0.2, 0.25) is 0 Å². The van der Waals surface area contributed by atoms with Gasteiger partial charge in [-0.15, -0.1) is 0 Å². The van der Waals surface area contributed by atoms with Crippen LogP contribution in [0.5, 0.6) is 5.75 Å². The summed E-state index contributed by atoms with van der Waals surface area (Å²) in [6, 6.07) is 20.2. The topological polar surface area (TPSA) is 91.2 Å². The van der Waals surface area contributed by atoms with Crippen LogP contribution in [0.3, 0.4) is 0 Å². The van der Waals surface area contributed by atoms with E-state index < -0.39 is 5.91 Å². The number of anilines is 2. The van der Waals surface area contributed by atoms with Gasteiger partial charge < -0.3 is 15.4 Å². The zero-order valence-corrected chi connectivity index (χ0v) is 19.7. The van der Waals surface area contributed by atoms with E-state index in [1.165, 1.54) is 6.08 Å². The number of ether oxygens (including phenoxy) is 1. The number of hydrogen-bond donors (Lipinski definition) is 2. The van der Waals surface area contributed by atoms with E-state index in [-0.39, 0.29) is 18.1 Å². The fourth-order valence-corrected chi connectivity index (χ4v) is 3.34. The highest BCUT2D eigenvalue weighted by Crippen LogP contribution is 2.20. The van der Waals surface area contributed by atoms with Crippen molar-refractivity contribution in [1.29, 1.82) is 5.26 Å². The van der Waals surface area contributed by atoms with Gasteiger partial charge in [-0.25, -0.2) is 0 Å². The number of nitrogens with one attached hydrogen (secondary N) is 2. The highest BCUT2D eigenvalue weighted by Gasteiger charge is 2.12. The van der Waals surface area contributed by atoms with Crippen molar-refractivity contribution < 1.29 is 14.3 Å². The molecule has 34 heavy (non-hydrogen) atoms. The molecule has 2 N–H and O–H groups in total. The number of rotatable bonds is 7. The summed E-state index contributed by atoms with van der Waals surface area (Å²) in [7, 11) is 0. The summed E-state index contributed by atoms with van der Waals surface area (Å²) in [6.45, 7) is 7.68. The molecule has 0 atom stereocenters. The van der Waals surface area contributed by atoms with Gasteiger partial charge in [-0.1, -0.05) is 42.0 Å². The van der Waals surface area contributed by atoms with Crippen molar-refractivity contribution in [2.45, 2.75) is 27.7 Å². The van der Waals surface area contributed by atoms with E-state index in [0.29, 0.717) is 17.0 Å². The number of amides is 2. The molecule has 0 aliphatic carbocycles. The Kier molecular flexibility index (Phi) is 7.83. The summed E-state index contributed by atoms with van der Waals surface area (Å²) in [5.74, 6) is -0.225. The molecular formula is C28H27N3O3. The van der Waals surface area contributed by atoms with Crippen LogP contribution in [0, 0.1) is 39.0 Å². The lowest BCUT2D eigenvalue weighted by atomic mass is 10.1. The minimum atomic E-state index is -0.473. The summed E-state index contributed by atoms with van der Waals surface area (Å²) in [5.41, 5.74) is 6.20. The van der Waals surface area contributed by atoms with E-state index in [9.17, 15) is 14.9 Å². The van der Waals surface area contributed by atoms with Crippen LogP contribution >= 0.6 is 0 Å². The zero-order chi connectivity index (χ0) is 24.7. The van der Waals surface area contributed by atoms with Gasteiger partial charge in [0.15, 0.2) is 6.61 Å². The lowest BCUT2D eigenvalue weighted by molar-refractivity contribution is -0.118. The monoisotopic (exact) mass is 453 g/mol. The molecule has 172 valence electrons. The van der Waals surface area contributed by atoms with Crippen LogP contribution in [-0.4, -0.2) is 18.4 Å². The first kappa shape index (κ1) is 24.3. The summed E-state index contributed by atoms with van der Waals surface area (Å²) in [6.07, 6.45) is 1.51. The number of nitriles is 1. The van der Waals surface area contributed by atoms with Gasteiger partial charge in [-0.05, 0) is 80.3 Å². The second-order valence-corrected chi connectivity index (χ2v) is 8.10. The van der Waals surface area contributed by atoms with Crippen LogP contribution in [0.1, 0.15) is 27.8 Å². The molecule has 0 aliphatic heterocycles. The van der Waals surface area contributed by atoms with Crippen LogP contribution in [0.4, 0.5) is 11.4 Å². The molecule has 0 unspecified atom stereocenters. The third kappa shape index (κ3) is 6.33. The van der Waals surface area contributed by atoms with Crippen molar-refractivity contribution in [2.24, 2.45) is 0 Å². The number of hydrogen-bond acceptors (Lipinski definition) is 4. The van der Waals surface area contributed by atoms with Gasteiger partial charge in [0.2, 0.25) is 0 Å². The fourth-order valence-electron chi connectivity index (χ4n) is 3.34. The maximum atomic E-state index is 12.6. The van der Waals surface area contributed by atoms with E-state index in [1.807, 2.05) is 64.1 Å². The van der Waals surface area contributed by atoms with Gasteiger partial charge in [0.1, 0.15) is 17.4 Å². The Balaban J connectivity index is 1.60. The largest absolute Gasteiger partial charge is 0.484 e. The first-order chi connectivity index (χ1) is 16.3. The molecule has 0 aliphatic rings. The Labute approximate surface area is 199 Å². The van der Waals surface area contributed by atoms with E-state index in [1.54, 1.807) is 30.3 Å². The van der Waals surface area contributed by atoms with Crippen molar-refractivity contribution in [3.05, 3.63) is 94.1 Å². The molecule has 0 heterocycles. The lowest BCUT2D eigenvalue weighted by Crippen LogP contribution is -2.20. The quantitative estimate of drug-likeness (QED) is 0.366. The first-order valence-corrected chi connectivity index (χ1v) is 10.9. The van der Waals surface area contributed by atoms with Crippen molar-refractivity contribution in [3.63, 3.8) is 0 Å². The summed E-state index contributed by atoms with van der Waals surface area (Å²) < 4.78 is 5.56. The Morgan fingerprint density at radius 1 is 0.912 bits per heavy atom. The molecule has 6 heteroatoms. The number of aryl methyl sites for hydroxylation is 3. The zero-order valence-electron chi connectivity index (χ0n) is 19.7. The smallest absolute Gasteiger partial charge is 0.266 e. The van der Waals surface area contributed by atoms with Gasteiger partial charge in [-0.2, -0.15) is 5.26 Å². The molecule has 0 saturated heterocycles. The summed E-state index contributed by atoms with van der Waals surface area (Å²) in [5, 5.41) is 15.1. The molecule has 3 aromatic carbocycles. The van der Waals surface area contributed by atoms with Crippen molar-refractivity contribution in [3.8, 4) is 11.8 Å². The third-order valence-electron chi connectivity index (χ3n) is 5.43. The van der Waals surface area contributed by atoms with Gasteiger partial charge in [-0.3, -0.25) is 9.59 Å². The number of carbonyl (C=O) groups excluding carboxylic acids is 2. The third-order valence-corrected chi connectivity index (χ3v) is 5.43. The highest BCUT2D eigenvalue weighted by molar-refractivity contribution is 6.10. The molecular weight excluding hydrogens is 426 g/mol. The number of benzene rings is 3. The predicted octanol–water partition coefficient (Wildman–Crippen LogP) is 5.48. The predicted molar refractivity (Wildman–Crippen MR) is 135 cm³/mol. The molecule has 2 amide bonds. The average molecular weight is 454 g/mol. The maximum absolute atomic E-state index is 12.6. The molecule has 0 aromatic heterocycles. The summed E-state index contributed by atoms with van der Waals surface area (Å²) >= 11 is 0. The van der Waals surface area contributed by atoms with E-state index in [4.69, 9.17) is 4.74 Å². The molecule has 0 bridgehead atoms. The molecule has 0 fully saturated rings. The molecule has 0 spiro atoms. The molecule has 0 saturated carbocycles. The number of nitrogens with zero attached hydrogens (tertiary/aromatic N) is 1. The van der Waals surface area contributed by atoms with Gasteiger partial charge in [0.25, 0.3) is 11.8 Å². The normalized spacial score (nSPS) is 10.9. The molecule has 6 nitrogen and oxygen atoms in total. The minimum absolute atomic E-state index is 0.0116. The molecule has 0 radical (unpaired) electrons. The van der Waals surface area contributed by atoms with Crippen LogP contribution < -0.4 is 15.4 Å². The minimum Gasteiger partial charge on any atom is -0.484 e. The van der Waals surface area contributed by atoms with Crippen molar-refractivity contribution >= 4 is 29.3 Å². The van der Waals surface area contributed by atoms with Crippen molar-refractivity contribution in [2.75, 3.05) is 17.2 Å². The second kappa shape index (κ2) is 11.0. The number of carbonyl (C=O) groups is 2. The maximum Gasteiger partial charge on any atom is 0.266 e. The Hall–Kier alpha value is -4.37. The highest BCUT2D eigenvalue weighted by atomic mass is 16.5. The molecule has 3 rings (SSSR count). The second-order valence-electron chi connectivity index (χ2n) is 8.10. The van der Waals surface area contributed by atoms with E-state index in [2.05, 4.69) is 10.6 Å². The first-order valence-electron chi connectivity index (χ1n) is 10.9. The van der Waals surface area contributed by atoms with Gasteiger partial charge in [0.05, 0.1) is 0 Å². The van der Waals surface area contributed by atoms with Crippen LogP contribution in [-0.2, 0) is 9.59 Å².